The summed E-state index contributed by atoms with van der Waals surface area (Å²) in [6.07, 6.45) is 8.02. The summed E-state index contributed by atoms with van der Waals surface area (Å²) in [5, 5.41) is 12.4. The number of hydrogen-bond donors (Lipinski definition) is 0. The van der Waals surface area contributed by atoms with Gasteiger partial charge in [-0.1, -0.05) is 87.5 Å². The Hall–Kier alpha value is -4.68. The molecule has 1 aliphatic carbocycles. The second kappa shape index (κ2) is 11.9. The molecule has 0 radical (unpaired) electrons. The van der Waals surface area contributed by atoms with Gasteiger partial charge in [-0.25, -0.2) is 4.57 Å². The number of furan rings is 1. The van der Waals surface area contributed by atoms with Gasteiger partial charge in [0.1, 0.15) is 18.2 Å². The number of aryl methyl sites for hydroxylation is 2. The second-order valence-electron chi connectivity index (χ2n) is 14.6. The van der Waals surface area contributed by atoms with E-state index in [9.17, 15) is 5.26 Å². The van der Waals surface area contributed by atoms with Gasteiger partial charge in [-0.2, -0.15) is 5.26 Å². The summed E-state index contributed by atoms with van der Waals surface area (Å²) < 4.78 is 9.07. The monoisotopic (exact) mass is 603 g/mol. The fraction of sp³-hybridized carbons (Fsp3) is 0.302. The smallest absolute Gasteiger partial charge is 0.216 e. The van der Waals surface area contributed by atoms with Crippen molar-refractivity contribution >= 4 is 21.9 Å². The first-order valence-electron chi connectivity index (χ1n) is 16.7. The van der Waals surface area contributed by atoms with E-state index < -0.39 is 0 Å². The van der Waals surface area contributed by atoms with Crippen molar-refractivity contribution in [1.29, 1.82) is 5.26 Å². The zero-order chi connectivity index (χ0) is 32.0. The van der Waals surface area contributed by atoms with Crippen molar-refractivity contribution in [3.8, 4) is 28.5 Å². The molecule has 230 valence electrons. The van der Waals surface area contributed by atoms with Crippen molar-refractivity contribution in [3.05, 3.63) is 125 Å². The highest BCUT2D eigenvalue weighted by Gasteiger charge is 2.26. The normalized spacial score (nSPS) is 17.0. The SMILES string of the molecule is Cc1ccc2c(oc3c(-c4ccc(C5CCC(c6ccccc6)CC5)cc4)c(C#N)ccc32)c1-c1cc(CC(C)(C)C)cc[n+]1C. The van der Waals surface area contributed by atoms with E-state index in [4.69, 9.17) is 4.42 Å². The third-order valence-corrected chi connectivity index (χ3v) is 10.0. The van der Waals surface area contributed by atoms with E-state index in [2.05, 4.69) is 137 Å². The van der Waals surface area contributed by atoms with Gasteiger partial charge < -0.3 is 4.42 Å². The van der Waals surface area contributed by atoms with Gasteiger partial charge in [0.15, 0.2) is 6.20 Å². The quantitative estimate of drug-likeness (QED) is 0.184. The minimum atomic E-state index is 0.192. The van der Waals surface area contributed by atoms with Crippen molar-refractivity contribution < 1.29 is 8.98 Å². The Bertz CT molecular complexity index is 2080. The maximum Gasteiger partial charge on any atom is 0.216 e. The molecule has 1 saturated carbocycles. The molecule has 0 saturated heterocycles. The Morgan fingerprint density at radius 2 is 1.37 bits per heavy atom. The fourth-order valence-corrected chi connectivity index (χ4v) is 7.69. The molecule has 0 amide bonds. The molecule has 46 heavy (non-hydrogen) atoms. The summed E-state index contributed by atoms with van der Waals surface area (Å²) in [6, 6.07) is 35.3. The van der Waals surface area contributed by atoms with E-state index in [1.807, 2.05) is 6.07 Å². The lowest BCUT2D eigenvalue weighted by molar-refractivity contribution is -0.660. The lowest BCUT2D eigenvalue weighted by atomic mass is 9.76. The van der Waals surface area contributed by atoms with Crippen LogP contribution in [0.25, 0.3) is 44.3 Å². The first kappa shape index (κ1) is 30.0. The lowest BCUT2D eigenvalue weighted by Crippen LogP contribution is -2.31. The molecule has 0 unspecified atom stereocenters. The van der Waals surface area contributed by atoms with Crippen LogP contribution in [-0.4, -0.2) is 0 Å². The van der Waals surface area contributed by atoms with Gasteiger partial charge in [0.2, 0.25) is 5.69 Å². The van der Waals surface area contributed by atoms with E-state index in [-0.39, 0.29) is 5.41 Å². The van der Waals surface area contributed by atoms with Crippen LogP contribution in [0.1, 0.15) is 86.1 Å². The molecule has 2 heterocycles. The Kier molecular flexibility index (Phi) is 7.77. The molecule has 4 aromatic carbocycles. The maximum absolute atomic E-state index is 10.2. The number of benzene rings is 4. The topological polar surface area (TPSA) is 40.8 Å². The molecule has 0 atom stereocenters. The molecule has 7 rings (SSSR count). The Balaban J connectivity index is 1.27. The van der Waals surface area contributed by atoms with Crippen LogP contribution in [0, 0.1) is 23.7 Å². The van der Waals surface area contributed by atoms with Crippen LogP contribution in [0.15, 0.2) is 102 Å². The molecule has 2 aromatic heterocycles. The van der Waals surface area contributed by atoms with Crippen LogP contribution < -0.4 is 4.57 Å². The first-order chi connectivity index (χ1) is 22.2. The summed E-state index contributed by atoms with van der Waals surface area (Å²) >= 11 is 0. The second-order valence-corrected chi connectivity index (χ2v) is 14.6. The highest BCUT2D eigenvalue weighted by atomic mass is 16.3. The number of pyridine rings is 1. The maximum atomic E-state index is 10.2. The molecule has 0 bridgehead atoms. The van der Waals surface area contributed by atoms with Gasteiger partial charge in [0.25, 0.3) is 0 Å². The predicted octanol–water partition coefficient (Wildman–Crippen LogP) is 11.0. The van der Waals surface area contributed by atoms with E-state index in [1.165, 1.54) is 47.9 Å². The summed E-state index contributed by atoms with van der Waals surface area (Å²) in [6.45, 7) is 9.00. The molecule has 3 heteroatoms. The van der Waals surface area contributed by atoms with Gasteiger partial charge in [-0.05, 0) is 96.2 Å². The number of nitriles is 1. The lowest BCUT2D eigenvalue weighted by Gasteiger charge is -2.29. The molecular formula is C43H43N2O+. The third-order valence-electron chi connectivity index (χ3n) is 10.0. The van der Waals surface area contributed by atoms with Gasteiger partial charge in [0, 0.05) is 28.5 Å². The summed E-state index contributed by atoms with van der Waals surface area (Å²) in [5.74, 6) is 1.24. The van der Waals surface area contributed by atoms with Crippen molar-refractivity contribution in [3.63, 3.8) is 0 Å². The summed E-state index contributed by atoms with van der Waals surface area (Å²) in [5.41, 5.74) is 12.0. The first-order valence-corrected chi connectivity index (χ1v) is 16.7. The molecule has 0 N–H and O–H groups in total. The number of fused-ring (bicyclic) bond motifs is 3. The summed E-state index contributed by atoms with van der Waals surface area (Å²) in [4.78, 5) is 0. The van der Waals surface area contributed by atoms with Crippen molar-refractivity contribution in [2.75, 3.05) is 0 Å². The molecule has 1 aliphatic rings. The van der Waals surface area contributed by atoms with Crippen molar-refractivity contribution in [2.45, 2.75) is 71.6 Å². The molecule has 0 aliphatic heterocycles. The van der Waals surface area contributed by atoms with E-state index in [1.54, 1.807) is 0 Å². The fourth-order valence-electron chi connectivity index (χ4n) is 7.69. The Morgan fingerprint density at radius 3 is 2.00 bits per heavy atom. The van der Waals surface area contributed by atoms with Gasteiger partial charge in [-0.3, -0.25) is 0 Å². The van der Waals surface area contributed by atoms with Crippen molar-refractivity contribution in [1.82, 2.24) is 0 Å². The van der Waals surface area contributed by atoms with Crippen LogP contribution in [0.5, 0.6) is 0 Å². The van der Waals surface area contributed by atoms with E-state index >= 15 is 0 Å². The minimum absolute atomic E-state index is 0.192. The minimum Gasteiger partial charge on any atom is -0.454 e. The average Bonchev–Trinajstić information content (AvgIpc) is 3.44. The molecule has 0 spiro atoms. The van der Waals surface area contributed by atoms with Gasteiger partial charge in [-0.15, -0.1) is 0 Å². The van der Waals surface area contributed by atoms with E-state index in [0.29, 0.717) is 17.4 Å². The highest BCUT2D eigenvalue weighted by molar-refractivity contribution is 6.14. The zero-order valence-electron chi connectivity index (χ0n) is 27.7. The molecular weight excluding hydrogens is 560 g/mol. The molecule has 3 nitrogen and oxygen atoms in total. The molecule has 6 aromatic rings. The molecule has 1 fully saturated rings. The standard InChI is InChI=1S/C43H43N2O/c1-28-11-21-36-37-22-20-35(27-44)40(42(37)46-41(36)39(28)38-25-29(23-24-45(38)5)26-43(2,3)4)34-18-16-33(17-19-34)32-14-12-31(13-15-32)30-9-7-6-8-10-30/h6-11,16-25,31-32H,12-15,26H2,1-5H3/q+1. The largest absolute Gasteiger partial charge is 0.454 e. The average molecular weight is 604 g/mol. The van der Waals surface area contributed by atoms with Crippen molar-refractivity contribution in [2.24, 2.45) is 12.5 Å². The Labute approximate surface area is 273 Å². The van der Waals surface area contributed by atoms with Gasteiger partial charge >= 0.3 is 0 Å². The number of nitrogens with zero attached hydrogens (tertiary/aromatic N) is 2. The van der Waals surface area contributed by atoms with Crippen LogP contribution in [-0.2, 0) is 13.5 Å². The van der Waals surface area contributed by atoms with Crippen LogP contribution in [0.4, 0.5) is 0 Å². The van der Waals surface area contributed by atoms with Gasteiger partial charge in [0.05, 0.1) is 17.2 Å². The third kappa shape index (κ3) is 5.62. The van der Waals surface area contributed by atoms with Crippen LogP contribution in [0.3, 0.4) is 0 Å². The zero-order valence-corrected chi connectivity index (χ0v) is 27.7. The number of aromatic nitrogens is 1. The van der Waals surface area contributed by atoms with Crippen LogP contribution >= 0.6 is 0 Å². The number of rotatable bonds is 5. The predicted molar refractivity (Wildman–Crippen MR) is 189 cm³/mol. The number of hydrogen-bond acceptors (Lipinski definition) is 2. The summed E-state index contributed by atoms with van der Waals surface area (Å²) in [7, 11) is 2.10. The Morgan fingerprint density at radius 1 is 0.761 bits per heavy atom. The van der Waals surface area contributed by atoms with E-state index in [0.717, 1.165) is 50.7 Å². The van der Waals surface area contributed by atoms with Crippen LogP contribution in [0.2, 0.25) is 0 Å². The highest BCUT2D eigenvalue weighted by Crippen LogP contribution is 2.44.